The summed E-state index contributed by atoms with van der Waals surface area (Å²) in [4.78, 5) is 62.7. The van der Waals surface area contributed by atoms with Gasteiger partial charge in [0.15, 0.2) is 6.61 Å². The minimum atomic E-state index is -0.945. The highest BCUT2D eigenvalue weighted by molar-refractivity contribution is 6.42. The number of hydrogen-bond acceptors (Lipinski definition) is 7. The second-order valence-corrected chi connectivity index (χ2v) is 9.37. The van der Waals surface area contributed by atoms with Crippen LogP contribution in [-0.2, 0) is 19.1 Å². The number of esters is 1. The zero-order valence-corrected chi connectivity index (χ0v) is 22.8. The molecule has 0 bridgehead atoms. The van der Waals surface area contributed by atoms with Gasteiger partial charge in [-0.3, -0.25) is 19.7 Å². The summed E-state index contributed by atoms with van der Waals surface area (Å²) in [6, 6.07) is 13.6. The van der Waals surface area contributed by atoms with Gasteiger partial charge in [0.1, 0.15) is 11.3 Å². The van der Waals surface area contributed by atoms with E-state index in [2.05, 4.69) is 15.4 Å². The van der Waals surface area contributed by atoms with Gasteiger partial charge in [0.25, 0.3) is 17.7 Å². The van der Waals surface area contributed by atoms with Gasteiger partial charge in [0.2, 0.25) is 0 Å². The molecule has 1 aliphatic rings. The third kappa shape index (κ3) is 6.42. The number of anilines is 2. The summed E-state index contributed by atoms with van der Waals surface area (Å²) in [5.74, 6) is -2.67. The molecular formula is C27H18Cl3N3O7. The lowest BCUT2D eigenvalue weighted by Gasteiger charge is -2.26. The lowest BCUT2D eigenvalue weighted by Crippen LogP contribution is -2.54. The molecule has 0 atom stereocenters. The Hall–Kier alpha value is -4.38. The van der Waals surface area contributed by atoms with Gasteiger partial charge in [0.05, 0.1) is 33.4 Å². The Morgan fingerprint density at radius 3 is 2.30 bits per heavy atom. The Morgan fingerprint density at radius 2 is 1.65 bits per heavy atom. The van der Waals surface area contributed by atoms with Crippen molar-refractivity contribution in [1.29, 1.82) is 0 Å². The molecule has 0 aliphatic carbocycles. The lowest BCUT2D eigenvalue weighted by atomic mass is 10.1. The van der Waals surface area contributed by atoms with Crippen LogP contribution in [0.15, 0.2) is 66.2 Å². The summed E-state index contributed by atoms with van der Waals surface area (Å²) in [6.07, 6.45) is 1.26. The van der Waals surface area contributed by atoms with E-state index in [1.54, 1.807) is 6.07 Å². The zero-order chi connectivity index (χ0) is 29.0. The number of hydrogen-bond donors (Lipinski definition) is 2. The molecule has 0 saturated carbocycles. The van der Waals surface area contributed by atoms with Crippen LogP contribution in [0.4, 0.5) is 16.2 Å². The fourth-order valence-electron chi connectivity index (χ4n) is 3.56. The molecule has 1 fully saturated rings. The van der Waals surface area contributed by atoms with Crippen molar-refractivity contribution in [3.63, 3.8) is 0 Å². The maximum Gasteiger partial charge on any atom is 0.337 e. The van der Waals surface area contributed by atoms with Crippen LogP contribution in [-0.4, -0.2) is 43.4 Å². The highest BCUT2D eigenvalue weighted by Crippen LogP contribution is 2.29. The first kappa shape index (κ1) is 28.6. The Labute approximate surface area is 242 Å². The third-order valence-corrected chi connectivity index (χ3v) is 6.51. The monoisotopic (exact) mass is 601 g/mol. The molecule has 4 rings (SSSR count). The summed E-state index contributed by atoms with van der Waals surface area (Å²) < 4.78 is 10.1. The van der Waals surface area contributed by atoms with Gasteiger partial charge in [-0.05, 0) is 66.2 Å². The van der Waals surface area contributed by atoms with Gasteiger partial charge in [0, 0.05) is 5.69 Å². The van der Waals surface area contributed by atoms with Crippen molar-refractivity contribution < 1.29 is 33.4 Å². The van der Waals surface area contributed by atoms with Crippen LogP contribution >= 0.6 is 34.8 Å². The molecule has 0 spiro atoms. The van der Waals surface area contributed by atoms with E-state index in [1.165, 1.54) is 67.8 Å². The predicted octanol–water partition coefficient (Wildman–Crippen LogP) is 5.12. The first-order chi connectivity index (χ1) is 19.1. The van der Waals surface area contributed by atoms with Crippen molar-refractivity contribution in [2.24, 2.45) is 0 Å². The highest BCUT2D eigenvalue weighted by atomic mass is 35.5. The zero-order valence-electron chi connectivity index (χ0n) is 20.5. The second kappa shape index (κ2) is 12.2. The minimum Gasteiger partial charge on any atom is -0.482 e. The van der Waals surface area contributed by atoms with E-state index in [0.29, 0.717) is 16.3 Å². The van der Waals surface area contributed by atoms with E-state index in [4.69, 9.17) is 39.5 Å². The van der Waals surface area contributed by atoms with Crippen LogP contribution in [0.5, 0.6) is 5.75 Å². The van der Waals surface area contributed by atoms with Gasteiger partial charge in [-0.15, -0.1) is 0 Å². The normalized spacial score (nSPS) is 14.2. The number of carbonyl (C=O) groups is 5. The molecule has 1 aliphatic heterocycles. The number of nitrogens with zero attached hydrogens (tertiary/aromatic N) is 1. The molecule has 40 heavy (non-hydrogen) atoms. The van der Waals surface area contributed by atoms with Gasteiger partial charge < -0.3 is 14.8 Å². The topological polar surface area (TPSA) is 131 Å². The summed E-state index contributed by atoms with van der Waals surface area (Å²) in [7, 11) is 1.22. The molecule has 0 unspecified atom stereocenters. The van der Waals surface area contributed by atoms with Gasteiger partial charge in [-0.1, -0.05) is 40.9 Å². The van der Waals surface area contributed by atoms with Crippen molar-refractivity contribution in [2.75, 3.05) is 23.9 Å². The van der Waals surface area contributed by atoms with Gasteiger partial charge >= 0.3 is 12.0 Å². The average molecular weight is 603 g/mol. The largest absolute Gasteiger partial charge is 0.482 e. The van der Waals surface area contributed by atoms with Crippen LogP contribution in [0.3, 0.4) is 0 Å². The van der Waals surface area contributed by atoms with E-state index < -0.39 is 29.7 Å². The first-order valence-corrected chi connectivity index (χ1v) is 12.5. The average Bonchev–Trinajstić information content (AvgIpc) is 2.92. The molecule has 2 N–H and O–H groups in total. The molecule has 3 aromatic rings. The number of benzene rings is 3. The number of nitrogens with one attached hydrogen (secondary N) is 2. The van der Waals surface area contributed by atoms with Crippen LogP contribution in [0.1, 0.15) is 15.9 Å². The number of rotatable bonds is 7. The van der Waals surface area contributed by atoms with Crippen molar-refractivity contribution in [2.45, 2.75) is 0 Å². The number of carbonyl (C=O) groups excluding carboxylic acids is 5. The maximum atomic E-state index is 13.1. The smallest absolute Gasteiger partial charge is 0.337 e. The molecule has 0 radical (unpaired) electrons. The number of halogens is 3. The molecule has 13 heteroatoms. The molecule has 1 heterocycles. The lowest BCUT2D eigenvalue weighted by molar-refractivity contribution is -0.122. The van der Waals surface area contributed by atoms with E-state index in [-0.39, 0.29) is 39.2 Å². The van der Waals surface area contributed by atoms with Crippen LogP contribution in [0.2, 0.25) is 15.1 Å². The fourth-order valence-corrected chi connectivity index (χ4v) is 4.10. The van der Waals surface area contributed by atoms with Crippen LogP contribution < -0.4 is 20.3 Å². The van der Waals surface area contributed by atoms with Crippen molar-refractivity contribution in [3.05, 3.63) is 92.4 Å². The molecular weight excluding hydrogens is 585 g/mol. The number of methoxy groups -OCH3 is 1. The number of ether oxygens (including phenoxy) is 2. The fraction of sp³-hybridized carbons (Fsp3) is 0.0741. The first-order valence-electron chi connectivity index (χ1n) is 11.3. The van der Waals surface area contributed by atoms with Gasteiger partial charge in [-0.2, -0.15) is 0 Å². The number of barbiturate groups is 1. The van der Waals surface area contributed by atoms with E-state index in [9.17, 15) is 24.0 Å². The quantitative estimate of drug-likeness (QED) is 0.218. The predicted molar refractivity (Wildman–Crippen MR) is 149 cm³/mol. The summed E-state index contributed by atoms with van der Waals surface area (Å²) in [5.41, 5.74) is 0.800. The molecule has 5 amide bonds. The van der Waals surface area contributed by atoms with E-state index >= 15 is 0 Å². The Bertz CT molecular complexity index is 1570. The van der Waals surface area contributed by atoms with Crippen molar-refractivity contribution in [1.82, 2.24) is 5.32 Å². The Morgan fingerprint density at radius 1 is 0.925 bits per heavy atom. The van der Waals surface area contributed by atoms with Crippen LogP contribution in [0, 0.1) is 0 Å². The summed E-state index contributed by atoms with van der Waals surface area (Å²) in [5, 5.41) is 5.45. The summed E-state index contributed by atoms with van der Waals surface area (Å²) in [6.45, 7) is -0.368. The van der Waals surface area contributed by atoms with E-state index in [0.717, 1.165) is 4.90 Å². The second-order valence-electron chi connectivity index (χ2n) is 8.15. The van der Waals surface area contributed by atoms with Crippen molar-refractivity contribution >= 4 is 82.0 Å². The maximum absolute atomic E-state index is 13.1. The third-order valence-electron chi connectivity index (χ3n) is 5.48. The Balaban J connectivity index is 1.47. The van der Waals surface area contributed by atoms with Crippen LogP contribution in [0.25, 0.3) is 6.08 Å². The molecule has 3 aromatic carbocycles. The molecule has 204 valence electrons. The highest BCUT2D eigenvalue weighted by Gasteiger charge is 2.36. The number of imide groups is 2. The molecule has 1 saturated heterocycles. The Kier molecular flexibility index (Phi) is 8.73. The van der Waals surface area contributed by atoms with E-state index in [1.807, 2.05) is 0 Å². The van der Waals surface area contributed by atoms with Gasteiger partial charge in [-0.25, -0.2) is 14.5 Å². The molecule has 0 aromatic heterocycles. The SMILES string of the molecule is COC(=O)c1ccc(N2C(=O)NC(=O)/C(=C/c3ccc(OCC(=O)Nc4ccc(Cl)c(Cl)c4)c(Cl)c3)C2=O)cc1. The van der Waals surface area contributed by atoms with Crippen molar-refractivity contribution in [3.8, 4) is 5.75 Å². The standard InChI is InChI=1S/C27H18Cl3N3O7/c1-39-26(37)15-3-6-17(7-4-15)33-25(36)18(24(35)32-27(33)38)10-14-2-9-22(21(30)11-14)40-13-23(34)31-16-5-8-19(28)20(29)12-16/h2-12H,13H2,1H3,(H,31,34)(H,32,35,38)/b18-10-. The number of amides is 5. The summed E-state index contributed by atoms with van der Waals surface area (Å²) >= 11 is 18.1. The number of urea groups is 1. The molecule has 10 nitrogen and oxygen atoms in total. The minimum absolute atomic E-state index is 0.103.